The van der Waals surface area contributed by atoms with Crippen LogP contribution in [0.25, 0.3) is 0 Å². The van der Waals surface area contributed by atoms with Crippen molar-refractivity contribution in [2.45, 2.75) is 32.3 Å². The Morgan fingerprint density at radius 1 is 1.22 bits per heavy atom. The molecule has 1 heterocycles. The molecule has 27 heavy (non-hydrogen) atoms. The van der Waals surface area contributed by atoms with Crippen LogP contribution < -0.4 is 10.1 Å². The average molecular weight is 365 g/mol. The van der Waals surface area contributed by atoms with Gasteiger partial charge in [0.05, 0.1) is 11.6 Å². The Labute approximate surface area is 156 Å². The third-order valence-corrected chi connectivity index (χ3v) is 4.94. The largest absolute Gasteiger partial charge is 0.482 e. The number of hydrogen-bond acceptors (Lipinski definition) is 5. The van der Waals surface area contributed by atoms with Gasteiger partial charge in [-0.3, -0.25) is 14.4 Å². The van der Waals surface area contributed by atoms with Gasteiger partial charge in [0.1, 0.15) is 5.75 Å². The Morgan fingerprint density at radius 3 is 2.85 bits per heavy atom. The van der Waals surface area contributed by atoms with Crippen LogP contribution in [0.15, 0.2) is 36.4 Å². The molecule has 6 nitrogen and oxygen atoms in total. The fourth-order valence-corrected chi connectivity index (χ4v) is 3.41. The van der Waals surface area contributed by atoms with Gasteiger partial charge in [0, 0.05) is 5.56 Å². The summed E-state index contributed by atoms with van der Waals surface area (Å²) in [5, 5.41) is 2.66. The molecule has 1 N–H and O–H groups in total. The second-order valence-corrected chi connectivity index (χ2v) is 6.95. The smallest absolute Gasteiger partial charge is 0.314 e. The van der Waals surface area contributed by atoms with Crippen molar-refractivity contribution in [1.82, 2.24) is 0 Å². The minimum Gasteiger partial charge on any atom is -0.482 e. The van der Waals surface area contributed by atoms with Gasteiger partial charge >= 0.3 is 5.97 Å². The molecule has 0 bridgehead atoms. The highest BCUT2D eigenvalue weighted by atomic mass is 16.5. The van der Waals surface area contributed by atoms with E-state index in [4.69, 9.17) is 9.47 Å². The summed E-state index contributed by atoms with van der Waals surface area (Å²) in [5.41, 5.74) is 4.01. The fraction of sp³-hybridized carbons (Fsp3) is 0.286. The van der Waals surface area contributed by atoms with E-state index in [9.17, 15) is 14.4 Å². The van der Waals surface area contributed by atoms with Gasteiger partial charge in [-0.05, 0) is 49.6 Å². The molecule has 2 aromatic carbocycles. The molecule has 1 aliphatic carbocycles. The number of aryl methyl sites for hydroxylation is 1. The van der Waals surface area contributed by atoms with Crippen LogP contribution in [0.5, 0.6) is 5.75 Å². The molecule has 0 saturated carbocycles. The van der Waals surface area contributed by atoms with Crippen molar-refractivity contribution in [2.24, 2.45) is 0 Å². The molecule has 2 atom stereocenters. The summed E-state index contributed by atoms with van der Waals surface area (Å²) in [5.74, 6) is -0.785. The molecule has 138 valence electrons. The van der Waals surface area contributed by atoms with E-state index in [1.165, 1.54) is 0 Å². The van der Waals surface area contributed by atoms with Gasteiger partial charge < -0.3 is 14.8 Å². The number of Topliss-reactive ketones (excluding diaryl/α,β-unsaturated/α-hetero) is 1. The molecule has 6 heteroatoms. The van der Waals surface area contributed by atoms with Crippen LogP contribution in [0.4, 0.5) is 5.69 Å². The molecule has 2 aliphatic rings. The minimum atomic E-state index is -0.912. The summed E-state index contributed by atoms with van der Waals surface area (Å²) in [6.45, 7) is 3.49. The van der Waals surface area contributed by atoms with Crippen molar-refractivity contribution in [3.8, 4) is 5.75 Å². The Bertz CT molecular complexity index is 965. The zero-order chi connectivity index (χ0) is 19.1. The summed E-state index contributed by atoms with van der Waals surface area (Å²) in [6, 6.07) is 10.8. The van der Waals surface area contributed by atoms with Crippen LogP contribution in [0, 0.1) is 6.92 Å². The zero-order valence-electron chi connectivity index (χ0n) is 15.1. The Morgan fingerprint density at radius 2 is 2.04 bits per heavy atom. The first-order valence-electron chi connectivity index (χ1n) is 8.83. The number of ketones is 1. The van der Waals surface area contributed by atoms with E-state index >= 15 is 0 Å². The van der Waals surface area contributed by atoms with E-state index < -0.39 is 6.10 Å². The third kappa shape index (κ3) is 3.18. The third-order valence-electron chi connectivity index (χ3n) is 4.94. The number of rotatable bonds is 4. The molecule has 0 aromatic heterocycles. The van der Waals surface area contributed by atoms with E-state index in [-0.39, 0.29) is 30.2 Å². The SMILES string of the molecule is Cc1ccc2c(c1)C(C(=O)OC(C)C(=O)c1ccc3c(c1)NC(=O)CO3)C2. The maximum Gasteiger partial charge on any atom is 0.314 e. The summed E-state index contributed by atoms with van der Waals surface area (Å²) in [7, 11) is 0. The lowest BCUT2D eigenvalue weighted by Crippen LogP contribution is -2.32. The fourth-order valence-electron chi connectivity index (χ4n) is 3.41. The summed E-state index contributed by atoms with van der Waals surface area (Å²) < 4.78 is 10.7. The molecular weight excluding hydrogens is 346 g/mol. The van der Waals surface area contributed by atoms with Crippen LogP contribution in [-0.2, 0) is 20.7 Å². The number of esters is 1. The van der Waals surface area contributed by atoms with Crippen molar-refractivity contribution in [3.63, 3.8) is 0 Å². The van der Waals surface area contributed by atoms with Gasteiger partial charge in [0.25, 0.3) is 5.91 Å². The van der Waals surface area contributed by atoms with Crippen LogP contribution in [-0.4, -0.2) is 30.4 Å². The standard InChI is InChI=1S/C21H19NO5/c1-11-3-4-13-8-16(15(13)7-11)21(25)27-12(2)20(24)14-5-6-18-17(9-14)22-19(23)10-26-18/h3-7,9,12,16H,8,10H2,1-2H3,(H,22,23). The molecular formula is C21H19NO5. The quantitative estimate of drug-likeness (QED) is 0.666. The van der Waals surface area contributed by atoms with E-state index in [2.05, 4.69) is 5.32 Å². The Kier molecular flexibility index (Phi) is 4.18. The number of carbonyl (C=O) groups excluding carboxylic acids is 3. The van der Waals surface area contributed by atoms with Gasteiger partial charge in [-0.2, -0.15) is 0 Å². The maximum atomic E-state index is 12.6. The molecule has 2 aromatic rings. The second kappa shape index (κ2) is 6.54. The van der Waals surface area contributed by atoms with Gasteiger partial charge in [0.2, 0.25) is 5.78 Å². The summed E-state index contributed by atoms with van der Waals surface area (Å²) >= 11 is 0. The van der Waals surface area contributed by atoms with E-state index in [0.717, 1.165) is 16.7 Å². The first kappa shape index (κ1) is 17.3. The highest BCUT2D eigenvalue weighted by molar-refractivity contribution is 6.03. The van der Waals surface area contributed by atoms with Crippen molar-refractivity contribution in [3.05, 3.63) is 58.7 Å². The number of hydrogen-bond donors (Lipinski definition) is 1. The monoisotopic (exact) mass is 365 g/mol. The Hall–Kier alpha value is -3.15. The van der Waals surface area contributed by atoms with E-state index in [1.807, 2.05) is 25.1 Å². The Balaban J connectivity index is 1.45. The van der Waals surface area contributed by atoms with Gasteiger partial charge in [0.15, 0.2) is 12.7 Å². The van der Waals surface area contributed by atoms with Gasteiger partial charge in [-0.25, -0.2) is 0 Å². The number of fused-ring (bicyclic) bond motifs is 2. The lowest BCUT2D eigenvalue weighted by molar-refractivity contribution is -0.148. The topological polar surface area (TPSA) is 81.7 Å². The van der Waals surface area contributed by atoms with Crippen LogP contribution >= 0.6 is 0 Å². The normalized spacial score (nSPS) is 18.1. The molecule has 4 rings (SSSR count). The molecule has 1 aliphatic heterocycles. The first-order valence-corrected chi connectivity index (χ1v) is 8.83. The van der Waals surface area contributed by atoms with Crippen molar-refractivity contribution < 1.29 is 23.9 Å². The first-order chi connectivity index (χ1) is 12.9. The number of ether oxygens (including phenoxy) is 2. The summed E-state index contributed by atoms with van der Waals surface area (Å²) in [4.78, 5) is 36.6. The van der Waals surface area contributed by atoms with Crippen LogP contribution in [0.3, 0.4) is 0 Å². The number of nitrogens with one attached hydrogen (secondary N) is 1. The molecule has 0 saturated heterocycles. The van der Waals surface area contributed by atoms with Gasteiger partial charge in [-0.15, -0.1) is 0 Å². The van der Waals surface area contributed by atoms with Crippen LogP contribution in [0.2, 0.25) is 0 Å². The number of anilines is 1. The van der Waals surface area contributed by atoms with Crippen molar-refractivity contribution >= 4 is 23.3 Å². The van der Waals surface area contributed by atoms with Crippen molar-refractivity contribution in [1.29, 1.82) is 0 Å². The predicted octanol–water partition coefficient (Wildman–Crippen LogP) is 2.78. The van der Waals surface area contributed by atoms with E-state index in [1.54, 1.807) is 25.1 Å². The predicted molar refractivity (Wildman–Crippen MR) is 98.1 cm³/mol. The number of benzene rings is 2. The molecule has 0 radical (unpaired) electrons. The molecule has 0 spiro atoms. The number of amides is 1. The summed E-state index contributed by atoms with van der Waals surface area (Å²) in [6.07, 6.45) is -0.276. The second-order valence-electron chi connectivity index (χ2n) is 6.95. The molecule has 0 fully saturated rings. The molecule has 2 unspecified atom stereocenters. The highest BCUT2D eigenvalue weighted by Crippen LogP contribution is 2.37. The minimum absolute atomic E-state index is 0.0450. The van der Waals surface area contributed by atoms with E-state index in [0.29, 0.717) is 23.4 Å². The lowest BCUT2D eigenvalue weighted by atomic mass is 9.77. The lowest BCUT2D eigenvalue weighted by Gasteiger charge is -2.29. The van der Waals surface area contributed by atoms with Gasteiger partial charge in [-0.1, -0.05) is 23.8 Å². The van der Waals surface area contributed by atoms with Crippen molar-refractivity contribution in [2.75, 3.05) is 11.9 Å². The average Bonchev–Trinajstić information content (AvgIpc) is 2.63. The highest BCUT2D eigenvalue weighted by Gasteiger charge is 2.35. The number of carbonyl (C=O) groups is 3. The molecule has 1 amide bonds. The maximum absolute atomic E-state index is 12.6. The van der Waals surface area contributed by atoms with Crippen LogP contribution in [0.1, 0.15) is 39.9 Å². The zero-order valence-corrected chi connectivity index (χ0v) is 15.1.